The molecule has 108 valence electrons. The molecule has 0 aromatic heterocycles. The van der Waals surface area contributed by atoms with Crippen molar-refractivity contribution in [3.63, 3.8) is 0 Å². The molecule has 5 nitrogen and oxygen atoms in total. The Labute approximate surface area is 112 Å². The highest BCUT2D eigenvalue weighted by molar-refractivity contribution is 7.89. The van der Waals surface area contributed by atoms with E-state index in [1.54, 1.807) is 13.8 Å². The fourth-order valence-electron chi connectivity index (χ4n) is 1.80. The first-order valence-electron chi connectivity index (χ1n) is 6.00. The molecule has 0 aliphatic rings. The zero-order valence-electron chi connectivity index (χ0n) is 11.0. The van der Waals surface area contributed by atoms with Crippen LogP contribution in [0.1, 0.15) is 26.7 Å². The minimum absolute atomic E-state index is 0.161. The minimum Gasteiger partial charge on any atom is -0.398 e. The van der Waals surface area contributed by atoms with Crippen molar-refractivity contribution in [1.82, 2.24) is 4.72 Å². The molecule has 0 heterocycles. The predicted octanol–water partition coefficient (Wildman–Crippen LogP) is 1.24. The Kier molecular flexibility index (Phi) is 4.89. The first-order valence-corrected chi connectivity index (χ1v) is 7.49. The molecule has 1 rings (SSSR count). The molecular formula is C12H19FN2O3S. The van der Waals surface area contributed by atoms with E-state index in [4.69, 9.17) is 5.73 Å². The third-order valence-corrected chi connectivity index (χ3v) is 4.94. The van der Waals surface area contributed by atoms with Gasteiger partial charge >= 0.3 is 0 Å². The van der Waals surface area contributed by atoms with Crippen LogP contribution in [0.2, 0.25) is 0 Å². The van der Waals surface area contributed by atoms with E-state index < -0.39 is 26.3 Å². The lowest BCUT2D eigenvalue weighted by atomic mass is 9.96. The van der Waals surface area contributed by atoms with Crippen molar-refractivity contribution in [1.29, 1.82) is 0 Å². The van der Waals surface area contributed by atoms with Crippen LogP contribution in [0.4, 0.5) is 10.1 Å². The molecule has 0 bridgehead atoms. The Hall–Kier alpha value is -1.18. The van der Waals surface area contributed by atoms with Crippen LogP contribution in [0.3, 0.4) is 0 Å². The Morgan fingerprint density at radius 2 is 1.95 bits per heavy atom. The zero-order chi connectivity index (χ0) is 14.7. The maximum absolute atomic E-state index is 13.7. The van der Waals surface area contributed by atoms with Crippen molar-refractivity contribution < 1.29 is 17.9 Å². The van der Waals surface area contributed by atoms with E-state index in [0.717, 1.165) is 6.07 Å². The van der Waals surface area contributed by atoms with E-state index in [1.807, 2.05) is 0 Å². The largest absolute Gasteiger partial charge is 0.398 e. The van der Waals surface area contributed by atoms with Crippen LogP contribution in [0.5, 0.6) is 0 Å². The summed E-state index contributed by atoms with van der Waals surface area (Å²) in [4.78, 5) is -0.574. The second kappa shape index (κ2) is 5.85. The number of nitrogens with one attached hydrogen (secondary N) is 1. The van der Waals surface area contributed by atoms with E-state index in [0.29, 0.717) is 12.8 Å². The Bertz CT molecular complexity index is 513. The average molecular weight is 290 g/mol. The minimum atomic E-state index is -4.13. The van der Waals surface area contributed by atoms with Crippen molar-refractivity contribution in [2.45, 2.75) is 37.1 Å². The summed E-state index contributed by atoms with van der Waals surface area (Å²) in [5.74, 6) is -0.911. The molecule has 7 heteroatoms. The van der Waals surface area contributed by atoms with Gasteiger partial charge in [-0.1, -0.05) is 19.9 Å². The summed E-state index contributed by atoms with van der Waals surface area (Å²) < 4.78 is 40.5. The molecule has 1 aromatic carbocycles. The third kappa shape index (κ3) is 3.23. The molecule has 4 N–H and O–H groups in total. The van der Waals surface area contributed by atoms with Crippen LogP contribution in [0.25, 0.3) is 0 Å². The number of sulfonamides is 1. The van der Waals surface area contributed by atoms with Crippen LogP contribution in [0.15, 0.2) is 23.1 Å². The molecule has 0 saturated carbocycles. The van der Waals surface area contributed by atoms with E-state index >= 15 is 0 Å². The maximum atomic E-state index is 13.7. The highest BCUT2D eigenvalue weighted by atomic mass is 32.2. The second-order valence-electron chi connectivity index (χ2n) is 4.41. The molecule has 0 unspecified atom stereocenters. The van der Waals surface area contributed by atoms with Crippen LogP contribution >= 0.6 is 0 Å². The predicted molar refractivity (Wildman–Crippen MR) is 71.5 cm³/mol. The lowest BCUT2D eigenvalue weighted by molar-refractivity contribution is 0.172. The summed E-state index contributed by atoms with van der Waals surface area (Å²) in [6.07, 6.45) is 0.765. The maximum Gasteiger partial charge on any atom is 0.246 e. The number of hydrogen-bond donors (Lipinski definition) is 3. The van der Waals surface area contributed by atoms with E-state index in [9.17, 15) is 17.9 Å². The van der Waals surface area contributed by atoms with Gasteiger partial charge in [-0.2, -0.15) is 0 Å². The van der Waals surface area contributed by atoms with E-state index in [-0.39, 0.29) is 12.3 Å². The highest BCUT2D eigenvalue weighted by Gasteiger charge is 2.33. The summed E-state index contributed by atoms with van der Waals surface area (Å²) in [5.41, 5.74) is 4.36. The third-order valence-electron chi connectivity index (χ3n) is 3.27. The molecule has 1 aromatic rings. The summed E-state index contributed by atoms with van der Waals surface area (Å²) in [6, 6.07) is 3.68. The van der Waals surface area contributed by atoms with Gasteiger partial charge in [0, 0.05) is 0 Å². The SMILES string of the molecule is CCC(CC)(CO)NS(=O)(=O)c1c(N)cccc1F. The molecule has 19 heavy (non-hydrogen) atoms. The summed E-state index contributed by atoms with van der Waals surface area (Å²) >= 11 is 0. The number of hydrogen-bond acceptors (Lipinski definition) is 4. The number of nitrogens with two attached hydrogens (primary N) is 1. The normalized spacial score (nSPS) is 12.6. The van der Waals surface area contributed by atoms with Crippen LogP contribution in [-0.2, 0) is 10.0 Å². The molecule has 0 atom stereocenters. The molecule has 0 radical (unpaired) electrons. The molecule has 0 fully saturated rings. The lowest BCUT2D eigenvalue weighted by Crippen LogP contribution is -2.50. The van der Waals surface area contributed by atoms with Gasteiger partial charge in [-0.15, -0.1) is 0 Å². The molecule has 0 spiro atoms. The summed E-state index contributed by atoms with van der Waals surface area (Å²) in [5, 5.41) is 9.37. The van der Waals surface area contributed by atoms with Crippen LogP contribution in [-0.4, -0.2) is 25.7 Å². The highest BCUT2D eigenvalue weighted by Crippen LogP contribution is 2.25. The van der Waals surface area contributed by atoms with Crippen molar-refractivity contribution in [3.05, 3.63) is 24.0 Å². The van der Waals surface area contributed by atoms with Gasteiger partial charge in [0.1, 0.15) is 10.7 Å². The van der Waals surface area contributed by atoms with E-state index in [1.165, 1.54) is 12.1 Å². The quantitative estimate of drug-likeness (QED) is 0.687. The van der Waals surface area contributed by atoms with Crippen LogP contribution < -0.4 is 10.5 Å². The van der Waals surface area contributed by atoms with Gasteiger partial charge < -0.3 is 10.8 Å². The first kappa shape index (κ1) is 15.9. The number of anilines is 1. The molecular weight excluding hydrogens is 271 g/mol. The smallest absolute Gasteiger partial charge is 0.246 e. The van der Waals surface area contributed by atoms with E-state index in [2.05, 4.69) is 4.72 Å². The number of rotatable bonds is 6. The Morgan fingerprint density at radius 1 is 1.37 bits per heavy atom. The summed E-state index contributed by atoms with van der Waals surface area (Å²) in [6.45, 7) is 3.12. The fourth-order valence-corrected chi connectivity index (χ4v) is 3.52. The van der Waals surface area contributed by atoms with Gasteiger partial charge in [0.15, 0.2) is 0 Å². The summed E-state index contributed by atoms with van der Waals surface area (Å²) in [7, 11) is -4.13. The number of benzene rings is 1. The lowest BCUT2D eigenvalue weighted by Gasteiger charge is -2.30. The number of halogens is 1. The topological polar surface area (TPSA) is 92.4 Å². The van der Waals surface area contributed by atoms with Crippen molar-refractivity contribution in [3.8, 4) is 0 Å². The zero-order valence-corrected chi connectivity index (χ0v) is 11.8. The molecule has 0 aliphatic heterocycles. The van der Waals surface area contributed by atoms with Gasteiger partial charge in [0.2, 0.25) is 10.0 Å². The van der Waals surface area contributed by atoms with Crippen molar-refractivity contribution >= 4 is 15.7 Å². The number of aliphatic hydroxyl groups is 1. The molecule has 0 amide bonds. The van der Waals surface area contributed by atoms with Gasteiger partial charge in [-0.25, -0.2) is 17.5 Å². The molecule has 0 aliphatic carbocycles. The van der Waals surface area contributed by atoms with Gasteiger partial charge in [-0.3, -0.25) is 0 Å². The molecule has 0 saturated heterocycles. The first-order chi connectivity index (χ1) is 8.82. The fraction of sp³-hybridized carbons (Fsp3) is 0.500. The standard InChI is InChI=1S/C12H19FN2O3S/c1-3-12(4-2,8-16)15-19(17,18)11-9(13)6-5-7-10(11)14/h5-7,15-16H,3-4,8,14H2,1-2H3. The number of nitrogen functional groups attached to an aromatic ring is 1. The Balaban J connectivity index is 3.26. The monoisotopic (exact) mass is 290 g/mol. The number of aliphatic hydroxyl groups excluding tert-OH is 1. The average Bonchev–Trinajstić information content (AvgIpc) is 2.35. The second-order valence-corrected chi connectivity index (χ2v) is 6.03. The van der Waals surface area contributed by atoms with Gasteiger partial charge in [0.25, 0.3) is 0 Å². The van der Waals surface area contributed by atoms with Crippen LogP contribution in [0, 0.1) is 5.82 Å². The Morgan fingerprint density at radius 3 is 2.37 bits per heavy atom. The van der Waals surface area contributed by atoms with Crippen molar-refractivity contribution in [2.24, 2.45) is 0 Å². The van der Waals surface area contributed by atoms with Gasteiger partial charge in [-0.05, 0) is 25.0 Å². The van der Waals surface area contributed by atoms with Crippen molar-refractivity contribution in [2.75, 3.05) is 12.3 Å². The van der Waals surface area contributed by atoms with Gasteiger partial charge in [0.05, 0.1) is 17.8 Å².